The highest BCUT2D eigenvalue weighted by Crippen LogP contribution is 2.41. The molecule has 1 aliphatic rings. The van der Waals surface area contributed by atoms with Gasteiger partial charge in [-0.2, -0.15) is 13.9 Å². The Morgan fingerprint density at radius 3 is 2.53 bits per heavy atom. The third kappa shape index (κ3) is 6.36. The molecule has 200 valence electrons. The number of aliphatic hydroxyl groups excluding tert-OH is 1. The van der Waals surface area contributed by atoms with E-state index >= 15 is 0 Å². The van der Waals surface area contributed by atoms with E-state index < -0.39 is 29.6 Å². The summed E-state index contributed by atoms with van der Waals surface area (Å²) in [4.78, 5) is 13.0. The van der Waals surface area contributed by atoms with Crippen LogP contribution in [0.5, 0.6) is 5.75 Å². The number of nitrogens with zero attached hydrogens (tertiary/aromatic N) is 2. The molecule has 2 aromatic rings. The van der Waals surface area contributed by atoms with Gasteiger partial charge in [0.15, 0.2) is 5.69 Å². The van der Waals surface area contributed by atoms with Crippen LogP contribution in [0.15, 0.2) is 18.2 Å². The molecular weight excluding hydrogens is 492 g/mol. The van der Waals surface area contributed by atoms with Crippen LogP contribution in [-0.2, 0) is 6.54 Å². The molecule has 10 heteroatoms. The summed E-state index contributed by atoms with van der Waals surface area (Å²) < 4.78 is 32.9. The Balaban J connectivity index is 1.95. The lowest BCUT2D eigenvalue weighted by atomic mass is 9.79. The van der Waals surface area contributed by atoms with Crippen LogP contribution in [0.25, 0.3) is 11.3 Å². The maximum atomic E-state index is 13.3. The monoisotopic (exact) mass is 527 g/mol. The fourth-order valence-electron chi connectivity index (χ4n) is 4.47. The molecule has 0 spiro atoms. The topological polar surface area (TPSA) is 96.6 Å². The first-order valence-corrected chi connectivity index (χ1v) is 12.7. The summed E-state index contributed by atoms with van der Waals surface area (Å²) in [6.45, 7) is 6.69. The molecule has 1 atom stereocenters. The molecule has 36 heavy (non-hydrogen) atoms. The normalized spacial score (nSPS) is 21.5. The van der Waals surface area contributed by atoms with Crippen LogP contribution in [0, 0.1) is 11.3 Å². The number of rotatable bonds is 8. The second kappa shape index (κ2) is 11.0. The van der Waals surface area contributed by atoms with Gasteiger partial charge < -0.3 is 20.3 Å². The third-order valence-electron chi connectivity index (χ3n) is 6.81. The Morgan fingerprint density at radius 2 is 1.97 bits per heavy atom. The Bertz CT molecular complexity index is 1080. The number of aromatic nitrogens is 2. The SMILES string of the molecule is CCn1nc(C(=O)NCC2(O)CCC(C)CC2)c(Cl)c1-c1ccc([C@H](O)C(C)(C)C)cc1OC(F)F. The van der Waals surface area contributed by atoms with Gasteiger partial charge >= 0.3 is 6.61 Å². The molecular formula is C26H36ClF2N3O4. The molecule has 1 amide bonds. The smallest absolute Gasteiger partial charge is 0.387 e. The van der Waals surface area contributed by atoms with Gasteiger partial charge in [-0.05, 0) is 61.6 Å². The summed E-state index contributed by atoms with van der Waals surface area (Å²) in [5.74, 6) is -0.199. The van der Waals surface area contributed by atoms with Crippen molar-refractivity contribution in [1.29, 1.82) is 0 Å². The largest absolute Gasteiger partial charge is 0.434 e. The Labute approximate surface area is 215 Å². The van der Waals surface area contributed by atoms with E-state index in [-0.39, 0.29) is 34.3 Å². The molecule has 1 aromatic carbocycles. The number of nitrogens with one attached hydrogen (secondary N) is 1. The van der Waals surface area contributed by atoms with Crippen LogP contribution in [0.3, 0.4) is 0 Å². The third-order valence-corrected chi connectivity index (χ3v) is 7.16. The number of hydrogen-bond donors (Lipinski definition) is 3. The highest BCUT2D eigenvalue weighted by atomic mass is 35.5. The first-order chi connectivity index (χ1) is 16.8. The van der Waals surface area contributed by atoms with E-state index in [2.05, 4.69) is 17.3 Å². The van der Waals surface area contributed by atoms with E-state index in [1.54, 1.807) is 13.0 Å². The molecule has 1 saturated carbocycles. The van der Waals surface area contributed by atoms with Crippen molar-refractivity contribution in [2.24, 2.45) is 11.3 Å². The Hall–Kier alpha value is -2.23. The highest BCUT2D eigenvalue weighted by molar-refractivity contribution is 6.36. The van der Waals surface area contributed by atoms with Crippen molar-refractivity contribution in [2.45, 2.75) is 85.2 Å². The van der Waals surface area contributed by atoms with Gasteiger partial charge in [0.25, 0.3) is 5.91 Å². The minimum atomic E-state index is -3.11. The summed E-state index contributed by atoms with van der Waals surface area (Å²) >= 11 is 6.60. The minimum absolute atomic E-state index is 0.0122. The second-order valence-corrected chi connectivity index (χ2v) is 11.2. The van der Waals surface area contributed by atoms with Crippen LogP contribution in [0.2, 0.25) is 5.02 Å². The molecule has 0 aliphatic heterocycles. The lowest BCUT2D eigenvalue weighted by Crippen LogP contribution is -2.45. The maximum Gasteiger partial charge on any atom is 0.387 e. The Kier molecular flexibility index (Phi) is 8.68. The van der Waals surface area contributed by atoms with Crippen LogP contribution in [-0.4, -0.2) is 44.7 Å². The number of aliphatic hydroxyl groups is 2. The standard InChI is InChI=1S/C26H36ClF2N3O4/c1-6-32-21(17-8-7-16(22(33)25(3,4)5)13-18(17)36-24(28)29)19(27)20(31-32)23(34)30-14-26(35)11-9-15(2)10-12-26/h7-8,13,15,22,24,33,35H,6,9-12,14H2,1-5H3,(H,30,34)/t15?,22-,26?/m0/s1. The first-order valence-electron chi connectivity index (χ1n) is 12.3. The molecule has 1 heterocycles. The molecule has 7 nitrogen and oxygen atoms in total. The summed E-state index contributed by atoms with van der Waals surface area (Å²) in [5, 5.41) is 28.5. The first kappa shape index (κ1) is 28.3. The van der Waals surface area contributed by atoms with Crippen molar-refractivity contribution in [3.63, 3.8) is 0 Å². The number of ether oxygens (including phenoxy) is 1. The zero-order chi connectivity index (χ0) is 26.8. The van der Waals surface area contributed by atoms with Gasteiger partial charge in [-0.25, -0.2) is 0 Å². The summed E-state index contributed by atoms with van der Waals surface area (Å²) in [6.07, 6.45) is 2.03. The molecule has 0 radical (unpaired) electrons. The molecule has 3 rings (SSSR count). The van der Waals surface area contributed by atoms with E-state index in [9.17, 15) is 23.8 Å². The zero-order valence-corrected chi connectivity index (χ0v) is 22.2. The van der Waals surface area contributed by atoms with Gasteiger partial charge in [0.05, 0.1) is 22.4 Å². The molecule has 0 bridgehead atoms. The molecule has 0 unspecified atom stereocenters. The zero-order valence-electron chi connectivity index (χ0n) is 21.4. The van der Waals surface area contributed by atoms with Crippen LogP contribution in [0.1, 0.15) is 82.5 Å². The van der Waals surface area contributed by atoms with E-state index in [1.807, 2.05) is 20.8 Å². The molecule has 1 aliphatic carbocycles. The molecule has 1 fully saturated rings. The van der Waals surface area contributed by atoms with Gasteiger partial charge in [-0.1, -0.05) is 45.4 Å². The number of aryl methyl sites for hydroxylation is 1. The summed E-state index contributed by atoms with van der Waals surface area (Å²) in [7, 11) is 0. The number of alkyl halides is 2. The average molecular weight is 528 g/mol. The summed E-state index contributed by atoms with van der Waals surface area (Å²) in [5.41, 5.74) is -0.692. The molecule has 0 saturated heterocycles. The number of carbonyl (C=O) groups excluding carboxylic acids is 1. The van der Waals surface area contributed by atoms with E-state index in [1.165, 1.54) is 16.8 Å². The number of hydrogen-bond acceptors (Lipinski definition) is 5. The summed E-state index contributed by atoms with van der Waals surface area (Å²) in [6, 6.07) is 4.51. The number of benzene rings is 1. The van der Waals surface area contributed by atoms with Gasteiger partial charge in [-0.15, -0.1) is 0 Å². The minimum Gasteiger partial charge on any atom is -0.434 e. The van der Waals surface area contributed by atoms with Crippen molar-refractivity contribution >= 4 is 17.5 Å². The number of carbonyl (C=O) groups is 1. The van der Waals surface area contributed by atoms with Crippen molar-refractivity contribution in [3.05, 3.63) is 34.5 Å². The van der Waals surface area contributed by atoms with Crippen molar-refractivity contribution in [2.75, 3.05) is 6.54 Å². The fourth-order valence-corrected chi connectivity index (χ4v) is 4.80. The van der Waals surface area contributed by atoms with Crippen molar-refractivity contribution in [3.8, 4) is 17.0 Å². The van der Waals surface area contributed by atoms with E-state index in [0.29, 0.717) is 30.9 Å². The van der Waals surface area contributed by atoms with E-state index in [0.717, 1.165) is 12.8 Å². The predicted molar refractivity (Wildman–Crippen MR) is 134 cm³/mol. The van der Waals surface area contributed by atoms with Crippen LogP contribution >= 0.6 is 11.6 Å². The number of amides is 1. The van der Waals surface area contributed by atoms with Crippen LogP contribution in [0.4, 0.5) is 8.78 Å². The van der Waals surface area contributed by atoms with Crippen molar-refractivity contribution < 1.29 is 28.5 Å². The predicted octanol–water partition coefficient (Wildman–Crippen LogP) is 5.58. The van der Waals surface area contributed by atoms with E-state index in [4.69, 9.17) is 16.3 Å². The van der Waals surface area contributed by atoms with Gasteiger partial charge in [-0.3, -0.25) is 9.48 Å². The lowest BCUT2D eigenvalue weighted by molar-refractivity contribution is -0.0497. The quantitative estimate of drug-likeness (QED) is 0.417. The fraction of sp³-hybridized carbons (Fsp3) is 0.615. The van der Waals surface area contributed by atoms with Crippen molar-refractivity contribution in [1.82, 2.24) is 15.1 Å². The Morgan fingerprint density at radius 1 is 1.33 bits per heavy atom. The second-order valence-electron chi connectivity index (χ2n) is 10.8. The molecule has 1 aromatic heterocycles. The lowest BCUT2D eigenvalue weighted by Gasteiger charge is -2.34. The van der Waals surface area contributed by atoms with Crippen LogP contribution < -0.4 is 10.1 Å². The maximum absolute atomic E-state index is 13.3. The number of halogens is 3. The average Bonchev–Trinajstić information content (AvgIpc) is 3.14. The van der Waals surface area contributed by atoms with Gasteiger partial charge in [0, 0.05) is 18.7 Å². The molecule has 3 N–H and O–H groups in total. The highest BCUT2D eigenvalue weighted by Gasteiger charge is 2.33. The van der Waals surface area contributed by atoms with Gasteiger partial charge in [0.1, 0.15) is 5.75 Å². The van der Waals surface area contributed by atoms with Gasteiger partial charge in [0.2, 0.25) is 0 Å².